The highest BCUT2D eigenvalue weighted by atomic mass is 16.4. The summed E-state index contributed by atoms with van der Waals surface area (Å²) in [5.41, 5.74) is 4.94. The molecule has 0 N–H and O–H groups in total. The molecule has 1 aliphatic carbocycles. The summed E-state index contributed by atoms with van der Waals surface area (Å²) in [6.07, 6.45) is 1.42. The van der Waals surface area contributed by atoms with Gasteiger partial charge in [-0.1, -0.05) is 78.9 Å². The van der Waals surface area contributed by atoms with Crippen molar-refractivity contribution in [3.63, 3.8) is 0 Å². The summed E-state index contributed by atoms with van der Waals surface area (Å²) < 4.78 is 7.70. The van der Waals surface area contributed by atoms with Gasteiger partial charge in [0.25, 0.3) is 5.71 Å². The molecule has 0 amide bonds. The maximum Gasteiger partial charge on any atom is 0.267 e. The number of Topliss-reactive ketones (excluding diaryl/α,β-unsaturated/α-hetero) is 2. The zero-order chi connectivity index (χ0) is 25.1. The molecule has 0 saturated heterocycles. The zero-order valence-electron chi connectivity index (χ0n) is 19.8. The van der Waals surface area contributed by atoms with E-state index in [-0.39, 0.29) is 23.0 Å². The Morgan fingerprint density at radius 3 is 1.89 bits per heavy atom. The number of imidazole rings is 1. The highest BCUT2D eigenvalue weighted by Gasteiger charge is 2.34. The molecule has 7 rings (SSSR count). The fraction of sp³-hybridized carbons (Fsp3) is 0.0323. The third-order valence-electron chi connectivity index (χ3n) is 6.83. The molecule has 6 nitrogen and oxygen atoms in total. The van der Waals surface area contributed by atoms with Gasteiger partial charge in [-0.15, -0.1) is 0 Å². The summed E-state index contributed by atoms with van der Waals surface area (Å²) in [6, 6.07) is 29.5. The highest BCUT2D eigenvalue weighted by molar-refractivity contribution is 6.42. The van der Waals surface area contributed by atoms with E-state index in [9.17, 15) is 9.59 Å². The lowest BCUT2D eigenvalue weighted by Gasteiger charge is -2.05. The summed E-state index contributed by atoms with van der Waals surface area (Å²) in [6.45, 7) is 0. The van der Waals surface area contributed by atoms with Gasteiger partial charge in [-0.3, -0.25) is 9.59 Å². The third-order valence-corrected chi connectivity index (χ3v) is 6.83. The molecular weight excluding hydrogens is 462 g/mol. The maximum atomic E-state index is 13.1. The van der Waals surface area contributed by atoms with Crippen molar-refractivity contribution in [3.8, 4) is 22.5 Å². The third kappa shape index (κ3) is 3.34. The van der Waals surface area contributed by atoms with Crippen LogP contribution in [-0.4, -0.2) is 26.1 Å². The minimum Gasteiger partial charge on any atom is -0.417 e. The lowest BCUT2D eigenvalue weighted by atomic mass is 10.0. The summed E-state index contributed by atoms with van der Waals surface area (Å²) >= 11 is 0. The first-order valence-corrected chi connectivity index (χ1v) is 11.9. The molecule has 6 heteroatoms. The van der Waals surface area contributed by atoms with Crippen molar-refractivity contribution in [1.82, 2.24) is 14.5 Å². The van der Waals surface area contributed by atoms with Crippen LogP contribution in [0, 0.1) is 0 Å². The lowest BCUT2D eigenvalue weighted by Crippen LogP contribution is -2.00. The number of hydrogen-bond donors (Lipinski definition) is 0. The fourth-order valence-electron chi connectivity index (χ4n) is 4.91. The van der Waals surface area contributed by atoms with E-state index in [0.29, 0.717) is 28.3 Å². The fourth-order valence-corrected chi connectivity index (χ4v) is 4.91. The molecule has 0 fully saturated rings. The first-order valence-electron chi connectivity index (χ1n) is 11.9. The quantitative estimate of drug-likeness (QED) is 0.213. The number of aromatic nitrogens is 3. The second-order valence-electron chi connectivity index (χ2n) is 9.08. The van der Waals surface area contributed by atoms with Crippen molar-refractivity contribution in [3.05, 3.63) is 114 Å². The van der Waals surface area contributed by atoms with E-state index >= 15 is 0 Å². The SMILES string of the molecule is Cn1c(-c2ccc(-c3ccccc3)cc2)nc2oc(C=C3C(=O)c4cc5ccccc5cc4C3=O)nc21. The monoisotopic (exact) mass is 481 g/mol. The largest absolute Gasteiger partial charge is 0.417 e. The van der Waals surface area contributed by atoms with Crippen molar-refractivity contribution in [2.24, 2.45) is 7.05 Å². The molecule has 176 valence electrons. The van der Waals surface area contributed by atoms with Crippen LogP contribution in [-0.2, 0) is 7.05 Å². The van der Waals surface area contributed by atoms with Crippen LogP contribution in [0.5, 0.6) is 0 Å². The number of oxazole rings is 1. The molecular formula is C31H19N3O3. The number of carbonyl (C=O) groups excluding carboxylic acids is 2. The van der Waals surface area contributed by atoms with E-state index in [2.05, 4.69) is 34.2 Å². The Bertz CT molecular complexity index is 1850. The van der Waals surface area contributed by atoms with Gasteiger partial charge >= 0.3 is 0 Å². The molecule has 0 atom stereocenters. The van der Waals surface area contributed by atoms with Crippen LogP contribution in [0.2, 0.25) is 0 Å². The molecule has 0 unspecified atom stereocenters. The van der Waals surface area contributed by atoms with E-state index in [4.69, 9.17) is 4.42 Å². The Morgan fingerprint density at radius 2 is 1.27 bits per heavy atom. The van der Waals surface area contributed by atoms with Gasteiger partial charge in [0.15, 0.2) is 11.6 Å². The number of nitrogens with zero attached hydrogens (tertiary/aromatic N) is 3. The molecule has 2 aromatic heterocycles. The van der Waals surface area contributed by atoms with Crippen molar-refractivity contribution in [1.29, 1.82) is 0 Å². The van der Waals surface area contributed by atoms with Crippen molar-refractivity contribution in [2.75, 3.05) is 0 Å². The molecule has 4 aromatic carbocycles. The Hall–Kier alpha value is -5.10. The first-order chi connectivity index (χ1) is 18.1. The topological polar surface area (TPSA) is 78.0 Å². The molecule has 0 aliphatic heterocycles. The first kappa shape index (κ1) is 21.2. The van der Waals surface area contributed by atoms with Gasteiger partial charge in [0.05, 0.1) is 5.57 Å². The molecule has 1 aliphatic rings. The Balaban J connectivity index is 1.22. The smallest absolute Gasteiger partial charge is 0.267 e. The maximum absolute atomic E-state index is 13.1. The van der Waals surface area contributed by atoms with E-state index in [1.165, 1.54) is 6.08 Å². The number of allylic oxidation sites excluding steroid dienone is 1. The predicted molar refractivity (Wildman–Crippen MR) is 142 cm³/mol. The minimum absolute atomic E-state index is 0.0496. The highest BCUT2D eigenvalue weighted by Crippen LogP contribution is 2.32. The van der Waals surface area contributed by atoms with E-state index in [1.54, 1.807) is 12.1 Å². The van der Waals surface area contributed by atoms with Crippen molar-refractivity contribution in [2.45, 2.75) is 0 Å². The van der Waals surface area contributed by atoms with Crippen molar-refractivity contribution >= 4 is 39.8 Å². The summed E-state index contributed by atoms with van der Waals surface area (Å²) in [5, 5.41) is 1.83. The zero-order valence-corrected chi connectivity index (χ0v) is 19.8. The second-order valence-corrected chi connectivity index (χ2v) is 9.08. The van der Waals surface area contributed by atoms with E-state index < -0.39 is 0 Å². The molecule has 6 aromatic rings. The van der Waals surface area contributed by atoms with Crippen molar-refractivity contribution < 1.29 is 14.0 Å². The van der Waals surface area contributed by atoms with Crippen LogP contribution in [0.25, 0.3) is 50.7 Å². The summed E-state index contributed by atoms with van der Waals surface area (Å²) in [5.74, 6) is 0.251. The Kier molecular flexibility index (Phi) is 4.56. The summed E-state index contributed by atoms with van der Waals surface area (Å²) in [7, 11) is 1.86. The normalized spacial score (nSPS) is 13.1. The van der Waals surface area contributed by atoms with Crippen LogP contribution < -0.4 is 0 Å². The predicted octanol–water partition coefficient (Wildman–Crippen LogP) is 6.51. The molecule has 0 radical (unpaired) electrons. The van der Waals surface area contributed by atoms with Crippen LogP contribution >= 0.6 is 0 Å². The van der Waals surface area contributed by atoms with Gasteiger partial charge in [0.2, 0.25) is 11.5 Å². The van der Waals surface area contributed by atoms with Crippen LogP contribution in [0.15, 0.2) is 101 Å². The number of aryl methyl sites for hydroxylation is 1. The Labute approximate surface area is 211 Å². The molecule has 2 heterocycles. The van der Waals surface area contributed by atoms with Gasteiger partial charge in [0.1, 0.15) is 5.82 Å². The van der Waals surface area contributed by atoms with Gasteiger partial charge in [-0.2, -0.15) is 9.97 Å². The average Bonchev–Trinajstić information content (AvgIpc) is 3.55. The number of benzene rings is 4. The molecule has 0 bridgehead atoms. The van der Waals surface area contributed by atoms with Gasteiger partial charge in [0, 0.05) is 29.8 Å². The van der Waals surface area contributed by atoms with Gasteiger partial charge in [-0.25, -0.2) is 0 Å². The molecule has 0 saturated carbocycles. The van der Waals surface area contributed by atoms with Gasteiger partial charge in [-0.05, 0) is 34.0 Å². The standard InChI is InChI=1S/C31H19N3O3/c1-34-29(20-13-11-19(12-14-20)18-7-3-2-4-8-18)33-31-30(34)32-26(37-31)17-25-27(35)23-15-21-9-5-6-10-22(21)16-24(23)28(25)36/h2-17H,1H3. The van der Waals surface area contributed by atoms with Crippen LogP contribution in [0.1, 0.15) is 26.6 Å². The lowest BCUT2D eigenvalue weighted by molar-refractivity contribution is 0.0990. The average molecular weight is 482 g/mol. The number of hydrogen-bond acceptors (Lipinski definition) is 5. The number of fused-ring (bicyclic) bond motifs is 3. The molecule has 0 spiro atoms. The Morgan fingerprint density at radius 1 is 0.703 bits per heavy atom. The number of ketones is 2. The van der Waals surface area contributed by atoms with E-state index in [0.717, 1.165) is 27.5 Å². The summed E-state index contributed by atoms with van der Waals surface area (Å²) in [4.78, 5) is 35.3. The van der Waals surface area contributed by atoms with Crippen LogP contribution in [0.4, 0.5) is 0 Å². The molecule has 37 heavy (non-hydrogen) atoms. The number of rotatable bonds is 3. The van der Waals surface area contributed by atoms with Crippen LogP contribution in [0.3, 0.4) is 0 Å². The van der Waals surface area contributed by atoms with E-state index in [1.807, 2.05) is 66.2 Å². The minimum atomic E-state index is -0.319. The second kappa shape index (κ2) is 7.96. The van der Waals surface area contributed by atoms with Gasteiger partial charge < -0.3 is 8.98 Å². The number of carbonyl (C=O) groups is 2.